The standard InChI is InChI=1S/C15H22N2O2/c1-16-8-13-11-18-7-6-17(13)9-12-10-19-15-5-3-2-4-14(12)15/h2-5,12-13,16H,6-11H2,1H3. The smallest absolute Gasteiger partial charge is 0.122 e. The molecule has 3 rings (SSSR count). The van der Waals surface area contributed by atoms with E-state index >= 15 is 0 Å². The van der Waals surface area contributed by atoms with Gasteiger partial charge in [-0.1, -0.05) is 18.2 Å². The fraction of sp³-hybridized carbons (Fsp3) is 0.600. The number of likely N-dealkylation sites (N-methyl/N-ethyl adjacent to an activating group) is 1. The van der Waals surface area contributed by atoms with Crippen molar-refractivity contribution in [2.45, 2.75) is 12.0 Å². The van der Waals surface area contributed by atoms with Crippen molar-refractivity contribution in [1.82, 2.24) is 10.2 Å². The summed E-state index contributed by atoms with van der Waals surface area (Å²) in [5.74, 6) is 1.56. The summed E-state index contributed by atoms with van der Waals surface area (Å²) in [6.45, 7) is 5.54. The number of ether oxygens (including phenoxy) is 2. The fourth-order valence-electron chi connectivity index (χ4n) is 3.02. The summed E-state index contributed by atoms with van der Waals surface area (Å²) >= 11 is 0. The lowest BCUT2D eigenvalue weighted by atomic mass is 10.00. The molecule has 2 unspecified atom stereocenters. The Morgan fingerprint density at radius 2 is 2.21 bits per heavy atom. The van der Waals surface area contributed by atoms with Gasteiger partial charge in [0.15, 0.2) is 0 Å². The Hall–Kier alpha value is -1.10. The van der Waals surface area contributed by atoms with Gasteiger partial charge in [-0.15, -0.1) is 0 Å². The van der Waals surface area contributed by atoms with Crippen molar-refractivity contribution in [2.24, 2.45) is 0 Å². The molecule has 1 aromatic rings. The number of hydrogen-bond donors (Lipinski definition) is 1. The predicted octanol–water partition coefficient (Wildman–Crippen LogP) is 1.08. The van der Waals surface area contributed by atoms with Crippen LogP contribution in [0.4, 0.5) is 0 Å². The number of para-hydroxylation sites is 1. The highest BCUT2D eigenvalue weighted by molar-refractivity contribution is 5.39. The van der Waals surface area contributed by atoms with Crippen molar-refractivity contribution in [3.05, 3.63) is 29.8 Å². The third-order valence-corrected chi connectivity index (χ3v) is 4.04. The number of hydrogen-bond acceptors (Lipinski definition) is 4. The molecule has 0 aliphatic carbocycles. The highest BCUT2D eigenvalue weighted by Crippen LogP contribution is 2.34. The van der Waals surface area contributed by atoms with Gasteiger partial charge in [-0.05, 0) is 13.1 Å². The first kappa shape index (κ1) is 12.9. The summed E-state index contributed by atoms with van der Waals surface area (Å²) in [5.41, 5.74) is 1.36. The van der Waals surface area contributed by atoms with Crippen LogP contribution < -0.4 is 10.1 Å². The molecule has 1 fully saturated rings. The van der Waals surface area contributed by atoms with Crippen molar-refractivity contribution in [2.75, 3.05) is 46.5 Å². The van der Waals surface area contributed by atoms with Crippen LogP contribution in [0.1, 0.15) is 11.5 Å². The number of benzene rings is 1. The van der Waals surface area contributed by atoms with Crippen LogP contribution in [-0.2, 0) is 4.74 Å². The van der Waals surface area contributed by atoms with E-state index in [-0.39, 0.29) is 0 Å². The van der Waals surface area contributed by atoms with E-state index in [9.17, 15) is 0 Å². The maximum absolute atomic E-state index is 5.77. The number of fused-ring (bicyclic) bond motifs is 1. The number of rotatable bonds is 4. The van der Waals surface area contributed by atoms with Gasteiger partial charge in [0.25, 0.3) is 0 Å². The maximum atomic E-state index is 5.77. The summed E-state index contributed by atoms with van der Waals surface area (Å²) in [6, 6.07) is 8.89. The van der Waals surface area contributed by atoms with Crippen LogP contribution in [0.2, 0.25) is 0 Å². The third kappa shape index (κ3) is 2.76. The summed E-state index contributed by atoms with van der Waals surface area (Å²) in [6.07, 6.45) is 0. The molecule has 0 radical (unpaired) electrons. The minimum absolute atomic E-state index is 0.478. The second-order valence-electron chi connectivity index (χ2n) is 5.33. The molecule has 0 saturated carbocycles. The Morgan fingerprint density at radius 3 is 3.11 bits per heavy atom. The zero-order valence-electron chi connectivity index (χ0n) is 11.5. The van der Waals surface area contributed by atoms with Crippen LogP contribution in [0.25, 0.3) is 0 Å². The summed E-state index contributed by atoms with van der Waals surface area (Å²) < 4.78 is 11.4. The summed E-state index contributed by atoms with van der Waals surface area (Å²) in [5, 5.41) is 3.26. The van der Waals surface area contributed by atoms with Gasteiger partial charge in [-0.2, -0.15) is 0 Å². The Balaban J connectivity index is 1.67. The van der Waals surface area contributed by atoms with Crippen molar-refractivity contribution >= 4 is 0 Å². The van der Waals surface area contributed by atoms with E-state index in [1.165, 1.54) is 5.56 Å². The van der Waals surface area contributed by atoms with Gasteiger partial charge in [0.05, 0.1) is 19.8 Å². The largest absolute Gasteiger partial charge is 0.493 e. The van der Waals surface area contributed by atoms with Gasteiger partial charge in [0, 0.05) is 37.2 Å². The molecule has 2 aliphatic rings. The summed E-state index contributed by atoms with van der Waals surface area (Å²) in [4.78, 5) is 2.54. The molecule has 104 valence electrons. The van der Waals surface area contributed by atoms with E-state index < -0.39 is 0 Å². The second kappa shape index (κ2) is 5.90. The topological polar surface area (TPSA) is 33.7 Å². The molecule has 2 aliphatic heterocycles. The first-order chi connectivity index (χ1) is 9.38. The lowest BCUT2D eigenvalue weighted by Gasteiger charge is -2.36. The van der Waals surface area contributed by atoms with Crippen LogP contribution in [0.3, 0.4) is 0 Å². The van der Waals surface area contributed by atoms with E-state index in [1.54, 1.807) is 0 Å². The molecule has 2 atom stereocenters. The van der Waals surface area contributed by atoms with Gasteiger partial charge in [-0.25, -0.2) is 0 Å². The normalized spacial score (nSPS) is 27.0. The first-order valence-electron chi connectivity index (χ1n) is 7.06. The fourth-order valence-corrected chi connectivity index (χ4v) is 3.02. The van der Waals surface area contributed by atoms with Gasteiger partial charge in [0.1, 0.15) is 5.75 Å². The van der Waals surface area contributed by atoms with Crippen molar-refractivity contribution in [3.63, 3.8) is 0 Å². The van der Waals surface area contributed by atoms with E-state index in [0.717, 1.165) is 45.2 Å². The lowest BCUT2D eigenvalue weighted by molar-refractivity contribution is -0.00956. The Morgan fingerprint density at radius 1 is 1.32 bits per heavy atom. The average Bonchev–Trinajstić information content (AvgIpc) is 2.85. The molecule has 0 amide bonds. The number of nitrogens with zero attached hydrogens (tertiary/aromatic N) is 1. The Kier molecular flexibility index (Phi) is 4.01. The SMILES string of the molecule is CNCC1COCCN1CC1COc2ccccc21. The van der Waals surface area contributed by atoms with E-state index in [0.29, 0.717) is 12.0 Å². The van der Waals surface area contributed by atoms with Gasteiger partial charge in [-0.3, -0.25) is 4.90 Å². The Bertz CT molecular complexity index is 422. The van der Waals surface area contributed by atoms with E-state index in [2.05, 4.69) is 28.4 Å². The van der Waals surface area contributed by atoms with Crippen LogP contribution >= 0.6 is 0 Å². The quantitative estimate of drug-likeness (QED) is 0.880. The summed E-state index contributed by atoms with van der Waals surface area (Å²) in [7, 11) is 2.00. The van der Waals surface area contributed by atoms with Crippen LogP contribution in [0, 0.1) is 0 Å². The van der Waals surface area contributed by atoms with Gasteiger partial charge >= 0.3 is 0 Å². The maximum Gasteiger partial charge on any atom is 0.122 e. The highest BCUT2D eigenvalue weighted by atomic mass is 16.5. The molecule has 4 heteroatoms. The molecule has 0 bridgehead atoms. The van der Waals surface area contributed by atoms with E-state index in [4.69, 9.17) is 9.47 Å². The highest BCUT2D eigenvalue weighted by Gasteiger charge is 2.29. The average molecular weight is 262 g/mol. The molecule has 1 N–H and O–H groups in total. The minimum Gasteiger partial charge on any atom is -0.493 e. The molecule has 2 heterocycles. The van der Waals surface area contributed by atoms with Crippen molar-refractivity contribution in [1.29, 1.82) is 0 Å². The van der Waals surface area contributed by atoms with Crippen molar-refractivity contribution < 1.29 is 9.47 Å². The van der Waals surface area contributed by atoms with Gasteiger partial charge in [0.2, 0.25) is 0 Å². The molecular weight excluding hydrogens is 240 g/mol. The number of morpholine rings is 1. The zero-order valence-corrected chi connectivity index (χ0v) is 11.5. The molecule has 0 spiro atoms. The lowest BCUT2D eigenvalue weighted by Crippen LogP contribution is -2.51. The molecule has 19 heavy (non-hydrogen) atoms. The molecule has 0 aromatic heterocycles. The van der Waals surface area contributed by atoms with Crippen LogP contribution in [-0.4, -0.2) is 57.4 Å². The third-order valence-electron chi connectivity index (χ3n) is 4.04. The van der Waals surface area contributed by atoms with E-state index in [1.807, 2.05) is 13.1 Å². The minimum atomic E-state index is 0.478. The molecule has 4 nitrogen and oxygen atoms in total. The molecule has 1 aromatic carbocycles. The zero-order chi connectivity index (χ0) is 13.1. The second-order valence-corrected chi connectivity index (χ2v) is 5.33. The first-order valence-corrected chi connectivity index (χ1v) is 7.06. The Labute approximate surface area is 114 Å². The predicted molar refractivity (Wildman–Crippen MR) is 74.8 cm³/mol. The van der Waals surface area contributed by atoms with Crippen LogP contribution in [0.5, 0.6) is 5.75 Å². The molecule has 1 saturated heterocycles. The van der Waals surface area contributed by atoms with Gasteiger partial charge < -0.3 is 14.8 Å². The monoisotopic (exact) mass is 262 g/mol. The van der Waals surface area contributed by atoms with Crippen LogP contribution in [0.15, 0.2) is 24.3 Å². The molecular formula is C15H22N2O2. The van der Waals surface area contributed by atoms with Crippen molar-refractivity contribution in [3.8, 4) is 5.75 Å². The number of nitrogens with one attached hydrogen (secondary N) is 1.